The van der Waals surface area contributed by atoms with E-state index in [1.807, 2.05) is 0 Å². The van der Waals surface area contributed by atoms with Gasteiger partial charge in [-0.2, -0.15) is 0 Å². The van der Waals surface area contributed by atoms with Crippen molar-refractivity contribution in [3.63, 3.8) is 0 Å². The predicted molar refractivity (Wildman–Crippen MR) is 75.4 cm³/mol. The minimum atomic E-state index is -3.03. The van der Waals surface area contributed by atoms with Crippen LogP contribution in [0, 0.1) is 5.82 Å². The lowest BCUT2D eigenvalue weighted by molar-refractivity contribution is -0.119. The molecule has 0 saturated carbocycles. The van der Waals surface area contributed by atoms with Crippen LogP contribution in [0.1, 0.15) is 35.2 Å². The maximum Gasteiger partial charge on any atom is 0.266 e. The molecule has 1 aromatic carbocycles. The van der Waals surface area contributed by atoms with Gasteiger partial charge in [-0.3, -0.25) is 9.59 Å². The number of rotatable bonds is 5. The van der Waals surface area contributed by atoms with Crippen molar-refractivity contribution in [2.24, 2.45) is 5.73 Å². The fourth-order valence-corrected chi connectivity index (χ4v) is 2.54. The molecule has 1 saturated heterocycles. The number of primary amides is 1. The van der Waals surface area contributed by atoms with Gasteiger partial charge in [0.2, 0.25) is 5.91 Å². The second-order valence-electron chi connectivity index (χ2n) is 5.28. The van der Waals surface area contributed by atoms with E-state index in [1.165, 1.54) is 4.90 Å². The second kappa shape index (κ2) is 7.45. The van der Waals surface area contributed by atoms with E-state index in [0.717, 1.165) is 18.2 Å². The van der Waals surface area contributed by atoms with Crippen LogP contribution in [0.5, 0.6) is 0 Å². The molecule has 0 atom stereocenters. The molecule has 0 aromatic heterocycles. The fourth-order valence-electron chi connectivity index (χ4n) is 2.54. The first kappa shape index (κ1) is 17.3. The van der Waals surface area contributed by atoms with Crippen molar-refractivity contribution in [2.75, 3.05) is 19.8 Å². The van der Waals surface area contributed by atoms with E-state index in [2.05, 4.69) is 0 Å². The van der Waals surface area contributed by atoms with Crippen molar-refractivity contribution in [1.29, 1.82) is 0 Å². The second-order valence-corrected chi connectivity index (χ2v) is 5.28. The van der Waals surface area contributed by atoms with Crippen LogP contribution in [0.2, 0.25) is 0 Å². The van der Waals surface area contributed by atoms with Crippen LogP contribution >= 0.6 is 0 Å². The molecule has 23 heavy (non-hydrogen) atoms. The van der Waals surface area contributed by atoms with Crippen LogP contribution in [-0.2, 0) is 9.53 Å². The maximum atomic E-state index is 13.4. The van der Waals surface area contributed by atoms with E-state index in [-0.39, 0.29) is 18.2 Å². The molecule has 2 amide bonds. The highest BCUT2D eigenvalue weighted by atomic mass is 19.3. The number of nitrogens with zero attached hydrogens (tertiary/aromatic N) is 1. The van der Waals surface area contributed by atoms with Crippen molar-refractivity contribution >= 4 is 11.8 Å². The quantitative estimate of drug-likeness (QED) is 0.896. The topological polar surface area (TPSA) is 72.6 Å². The molecule has 0 radical (unpaired) electrons. The summed E-state index contributed by atoms with van der Waals surface area (Å²) in [5.74, 6) is -2.41. The lowest BCUT2D eigenvalue weighted by Gasteiger charge is -2.33. The van der Waals surface area contributed by atoms with Gasteiger partial charge in [-0.1, -0.05) is 0 Å². The Hall–Kier alpha value is -2.09. The number of ether oxygens (including phenoxy) is 1. The number of carbonyl (C=O) groups is 2. The van der Waals surface area contributed by atoms with Gasteiger partial charge < -0.3 is 15.4 Å². The molecule has 1 aromatic rings. The largest absolute Gasteiger partial charge is 0.381 e. The Labute approximate surface area is 131 Å². The summed E-state index contributed by atoms with van der Waals surface area (Å²) in [5, 5.41) is 0. The Morgan fingerprint density at radius 1 is 1.30 bits per heavy atom. The van der Waals surface area contributed by atoms with Gasteiger partial charge in [0.1, 0.15) is 5.82 Å². The van der Waals surface area contributed by atoms with E-state index in [4.69, 9.17) is 10.5 Å². The van der Waals surface area contributed by atoms with Gasteiger partial charge in [0.15, 0.2) is 0 Å². The smallest absolute Gasteiger partial charge is 0.266 e. The Morgan fingerprint density at radius 2 is 1.96 bits per heavy atom. The van der Waals surface area contributed by atoms with Gasteiger partial charge in [-0.05, 0) is 31.0 Å². The number of benzene rings is 1. The zero-order valence-corrected chi connectivity index (χ0v) is 12.3. The molecule has 0 unspecified atom stereocenters. The molecular formula is C15H17F3N2O3. The Kier molecular flexibility index (Phi) is 5.59. The van der Waals surface area contributed by atoms with E-state index >= 15 is 0 Å². The summed E-state index contributed by atoms with van der Waals surface area (Å²) in [4.78, 5) is 25.1. The summed E-state index contributed by atoms with van der Waals surface area (Å²) in [6, 6.07) is 2.48. The minimum Gasteiger partial charge on any atom is -0.381 e. The van der Waals surface area contributed by atoms with Crippen molar-refractivity contribution in [2.45, 2.75) is 25.3 Å². The van der Waals surface area contributed by atoms with Crippen molar-refractivity contribution < 1.29 is 27.5 Å². The van der Waals surface area contributed by atoms with Crippen LogP contribution in [0.25, 0.3) is 0 Å². The average molecular weight is 330 g/mol. The number of hydrogen-bond acceptors (Lipinski definition) is 3. The van der Waals surface area contributed by atoms with Crippen molar-refractivity contribution in [3.8, 4) is 0 Å². The number of alkyl halides is 2. The molecule has 0 aliphatic carbocycles. The van der Waals surface area contributed by atoms with Crippen LogP contribution in [0.15, 0.2) is 18.2 Å². The molecule has 0 spiro atoms. The lowest BCUT2D eigenvalue weighted by atomic mass is 10.0. The standard InChI is InChI=1S/C15H17F3N2O3/c16-12-2-1-9(7-11(12)14(17)18)15(22)20(8-13(19)21)10-3-5-23-6-4-10/h1-2,7,10,14H,3-6,8H2,(H2,19,21). The summed E-state index contributed by atoms with van der Waals surface area (Å²) in [7, 11) is 0. The SMILES string of the molecule is NC(=O)CN(C(=O)c1ccc(F)c(C(F)F)c1)C1CCOCC1. The molecular weight excluding hydrogens is 313 g/mol. The first-order valence-corrected chi connectivity index (χ1v) is 7.14. The third-order valence-corrected chi connectivity index (χ3v) is 3.70. The van der Waals surface area contributed by atoms with Crippen LogP contribution in [0.4, 0.5) is 13.2 Å². The summed E-state index contributed by atoms with van der Waals surface area (Å²) in [6.07, 6.45) is -2.00. The number of carbonyl (C=O) groups excluding carboxylic acids is 2. The summed E-state index contributed by atoms with van der Waals surface area (Å²) >= 11 is 0. The van der Waals surface area contributed by atoms with Gasteiger partial charge in [0, 0.05) is 24.8 Å². The average Bonchev–Trinajstić information content (AvgIpc) is 2.53. The zero-order valence-electron chi connectivity index (χ0n) is 12.3. The minimum absolute atomic E-state index is 0.102. The molecule has 1 aliphatic rings. The lowest BCUT2D eigenvalue weighted by Crippen LogP contribution is -2.47. The van der Waals surface area contributed by atoms with Crippen LogP contribution in [0.3, 0.4) is 0 Å². The third-order valence-electron chi connectivity index (χ3n) is 3.70. The molecule has 8 heteroatoms. The number of hydrogen-bond donors (Lipinski definition) is 1. The van der Waals surface area contributed by atoms with Crippen LogP contribution < -0.4 is 5.73 Å². The van der Waals surface area contributed by atoms with Gasteiger partial charge in [0.05, 0.1) is 12.1 Å². The molecule has 2 rings (SSSR count). The normalized spacial score (nSPS) is 15.7. The molecule has 126 valence electrons. The van der Waals surface area contributed by atoms with Gasteiger partial charge in [-0.15, -0.1) is 0 Å². The molecule has 2 N–H and O–H groups in total. The van der Waals surface area contributed by atoms with Gasteiger partial charge in [0.25, 0.3) is 12.3 Å². The summed E-state index contributed by atoms with van der Waals surface area (Å²) < 4.78 is 44.1. The fraction of sp³-hybridized carbons (Fsp3) is 0.467. The Bertz CT molecular complexity index is 589. The monoisotopic (exact) mass is 330 g/mol. The Morgan fingerprint density at radius 3 is 2.52 bits per heavy atom. The number of amides is 2. The van der Waals surface area contributed by atoms with E-state index in [0.29, 0.717) is 26.1 Å². The number of halogens is 3. The van der Waals surface area contributed by atoms with E-state index < -0.39 is 29.6 Å². The predicted octanol–water partition coefficient (Wildman–Crippen LogP) is 1.87. The zero-order chi connectivity index (χ0) is 17.0. The molecule has 1 heterocycles. The number of nitrogens with two attached hydrogens (primary N) is 1. The van der Waals surface area contributed by atoms with Gasteiger partial charge in [-0.25, -0.2) is 13.2 Å². The molecule has 0 bridgehead atoms. The Balaban J connectivity index is 2.29. The summed E-state index contributed by atoms with van der Waals surface area (Å²) in [5.41, 5.74) is 4.23. The highest BCUT2D eigenvalue weighted by molar-refractivity contribution is 5.96. The first-order chi connectivity index (χ1) is 10.9. The van der Waals surface area contributed by atoms with Crippen molar-refractivity contribution in [3.05, 3.63) is 35.1 Å². The van der Waals surface area contributed by atoms with E-state index in [1.54, 1.807) is 0 Å². The molecule has 5 nitrogen and oxygen atoms in total. The molecule has 1 fully saturated rings. The maximum absolute atomic E-state index is 13.4. The van der Waals surface area contributed by atoms with Crippen molar-refractivity contribution in [1.82, 2.24) is 4.90 Å². The first-order valence-electron chi connectivity index (χ1n) is 7.14. The van der Waals surface area contributed by atoms with Gasteiger partial charge >= 0.3 is 0 Å². The third kappa shape index (κ3) is 4.22. The molecule has 1 aliphatic heterocycles. The van der Waals surface area contributed by atoms with Crippen LogP contribution in [-0.4, -0.2) is 42.5 Å². The highest BCUT2D eigenvalue weighted by Crippen LogP contribution is 2.25. The highest BCUT2D eigenvalue weighted by Gasteiger charge is 2.28. The summed E-state index contributed by atoms with van der Waals surface area (Å²) in [6.45, 7) is 0.530. The van der Waals surface area contributed by atoms with E-state index in [9.17, 15) is 22.8 Å².